The zero-order valence-electron chi connectivity index (χ0n) is 12.2. The molecule has 0 aliphatic heterocycles. The zero-order chi connectivity index (χ0) is 15.1. The van der Waals surface area contributed by atoms with Crippen molar-refractivity contribution in [2.24, 2.45) is 0 Å². The molecule has 0 saturated carbocycles. The fraction of sp³-hybridized carbons (Fsp3) is 0.333. The third kappa shape index (κ3) is 3.98. The summed E-state index contributed by atoms with van der Waals surface area (Å²) in [5.74, 6) is 1.05. The largest absolute Gasteiger partial charge is 0.490 e. The maximum atomic E-state index is 12.1. The summed E-state index contributed by atoms with van der Waals surface area (Å²) < 4.78 is 11.0. The molecule has 1 amide bonds. The molecule has 2 aromatic rings. The van der Waals surface area contributed by atoms with Gasteiger partial charge in [-0.25, -0.2) is 4.98 Å². The molecule has 0 spiro atoms. The molecule has 1 aromatic heterocycles. The van der Waals surface area contributed by atoms with Gasteiger partial charge < -0.3 is 19.8 Å². The lowest BCUT2D eigenvalue weighted by Gasteiger charge is -2.12. The Bertz CT molecular complexity index is 582. The van der Waals surface area contributed by atoms with Crippen LogP contribution in [-0.4, -0.2) is 29.1 Å². The van der Waals surface area contributed by atoms with E-state index in [4.69, 9.17) is 9.47 Å². The number of amides is 1. The Morgan fingerprint density at radius 3 is 2.67 bits per heavy atom. The molecule has 112 valence electrons. The van der Waals surface area contributed by atoms with Crippen LogP contribution in [0.1, 0.15) is 29.9 Å². The molecule has 0 unspecified atom stereocenters. The minimum atomic E-state index is -0.173. The summed E-state index contributed by atoms with van der Waals surface area (Å²) in [4.78, 5) is 19.0. The summed E-state index contributed by atoms with van der Waals surface area (Å²) in [7, 11) is 0. The van der Waals surface area contributed by atoms with E-state index in [9.17, 15) is 4.79 Å². The lowest BCUT2D eigenvalue weighted by atomic mass is 10.2. The monoisotopic (exact) mass is 289 g/mol. The molecule has 1 aromatic carbocycles. The molecule has 21 heavy (non-hydrogen) atoms. The van der Waals surface area contributed by atoms with Crippen molar-refractivity contribution in [2.75, 3.05) is 13.2 Å². The summed E-state index contributed by atoms with van der Waals surface area (Å²) >= 11 is 0. The SMILES string of the molecule is CCOc1ccc(C(=O)NCc2cnc[nH]2)cc1OCC. The van der Waals surface area contributed by atoms with Gasteiger partial charge in [-0.2, -0.15) is 0 Å². The summed E-state index contributed by atoms with van der Waals surface area (Å²) in [6.45, 7) is 5.25. The molecule has 6 heteroatoms. The Labute approximate surface area is 123 Å². The van der Waals surface area contributed by atoms with Crippen molar-refractivity contribution < 1.29 is 14.3 Å². The van der Waals surface area contributed by atoms with Crippen molar-refractivity contribution in [3.63, 3.8) is 0 Å². The van der Waals surface area contributed by atoms with Gasteiger partial charge in [0.25, 0.3) is 5.91 Å². The summed E-state index contributed by atoms with van der Waals surface area (Å²) in [5, 5.41) is 2.82. The fourth-order valence-corrected chi connectivity index (χ4v) is 1.85. The van der Waals surface area contributed by atoms with E-state index in [1.807, 2.05) is 13.8 Å². The van der Waals surface area contributed by atoms with E-state index in [1.54, 1.807) is 30.7 Å². The van der Waals surface area contributed by atoms with Crippen molar-refractivity contribution in [1.82, 2.24) is 15.3 Å². The van der Waals surface area contributed by atoms with Crippen LogP contribution in [0.4, 0.5) is 0 Å². The second-order valence-corrected chi connectivity index (χ2v) is 4.29. The van der Waals surface area contributed by atoms with Gasteiger partial charge in [-0.3, -0.25) is 4.79 Å². The van der Waals surface area contributed by atoms with Crippen LogP contribution in [0.25, 0.3) is 0 Å². The maximum absolute atomic E-state index is 12.1. The molecule has 0 radical (unpaired) electrons. The lowest BCUT2D eigenvalue weighted by molar-refractivity contribution is 0.0950. The first-order valence-corrected chi connectivity index (χ1v) is 6.89. The number of nitrogens with one attached hydrogen (secondary N) is 2. The van der Waals surface area contributed by atoms with Gasteiger partial charge >= 0.3 is 0 Å². The molecular formula is C15H19N3O3. The highest BCUT2D eigenvalue weighted by Crippen LogP contribution is 2.28. The number of hydrogen-bond acceptors (Lipinski definition) is 4. The minimum Gasteiger partial charge on any atom is -0.490 e. The van der Waals surface area contributed by atoms with Crippen LogP contribution in [0.2, 0.25) is 0 Å². The van der Waals surface area contributed by atoms with Crippen molar-refractivity contribution in [3.8, 4) is 11.5 Å². The van der Waals surface area contributed by atoms with Crippen LogP contribution in [0.3, 0.4) is 0 Å². The number of imidazole rings is 1. The number of aromatic amines is 1. The third-order valence-electron chi connectivity index (χ3n) is 2.80. The van der Waals surface area contributed by atoms with Crippen molar-refractivity contribution >= 4 is 5.91 Å². The molecule has 0 fully saturated rings. The third-order valence-corrected chi connectivity index (χ3v) is 2.80. The first-order chi connectivity index (χ1) is 10.2. The smallest absolute Gasteiger partial charge is 0.251 e. The summed E-state index contributed by atoms with van der Waals surface area (Å²) in [6, 6.07) is 5.16. The van der Waals surface area contributed by atoms with Gasteiger partial charge in [0.2, 0.25) is 0 Å². The number of ether oxygens (including phenoxy) is 2. The van der Waals surface area contributed by atoms with Crippen molar-refractivity contribution in [1.29, 1.82) is 0 Å². The summed E-state index contributed by atoms with van der Waals surface area (Å²) in [6.07, 6.45) is 3.25. The number of rotatable bonds is 7. The molecule has 0 atom stereocenters. The Balaban J connectivity index is 2.07. The van der Waals surface area contributed by atoms with Gasteiger partial charge in [-0.05, 0) is 32.0 Å². The van der Waals surface area contributed by atoms with Crippen molar-refractivity contribution in [2.45, 2.75) is 20.4 Å². The van der Waals surface area contributed by atoms with Gasteiger partial charge in [-0.1, -0.05) is 0 Å². The quantitative estimate of drug-likeness (QED) is 0.818. The molecular weight excluding hydrogens is 270 g/mol. The molecule has 0 aliphatic carbocycles. The fourth-order valence-electron chi connectivity index (χ4n) is 1.85. The van der Waals surface area contributed by atoms with Crippen LogP contribution < -0.4 is 14.8 Å². The van der Waals surface area contributed by atoms with E-state index < -0.39 is 0 Å². The predicted molar refractivity (Wildman–Crippen MR) is 78.5 cm³/mol. The number of H-pyrrole nitrogens is 1. The number of carbonyl (C=O) groups is 1. The van der Waals surface area contributed by atoms with E-state index in [2.05, 4.69) is 15.3 Å². The number of aromatic nitrogens is 2. The molecule has 0 saturated heterocycles. The molecule has 0 aliphatic rings. The van der Waals surface area contributed by atoms with Crippen LogP contribution in [0.15, 0.2) is 30.7 Å². The average Bonchev–Trinajstić information content (AvgIpc) is 3.00. The number of hydrogen-bond donors (Lipinski definition) is 2. The van der Waals surface area contributed by atoms with Crippen molar-refractivity contribution in [3.05, 3.63) is 42.0 Å². The van der Waals surface area contributed by atoms with E-state index in [1.165, 1.54) is 0 Å². The number of nitrogens with zero attached hydrogens (tertiary/aromatic N) is 1. The average molecular weight is 289 g/mol. The summed E-state index contributed by atoms with van der Waals surface area (Å²) in [5.41, 5.74) is 1.38. The molecule has 6 nitrogen and oxygen atoms in total. The number of benzene rings is 1. The van der Waals surface area contributed by atoms with Crippen LogP contribution in [0.5, 0.6) is 11.5 Å². The van der Waals surface area contributed by atoms with Gasteiger partial charge in [0.15, 0.2) is 11.5 Å². The number of carbonyl (C=O) groups excluding carboxylic acids is 1. The van der Waals surface area contributed by atoms with E-state index in [0.29, 0.717) is 36.8 Å². The second-order valence-electron chi connectivity index (χ2n) is 4.29. The first kappa shape index (κ1) is 14.9. The molecule has 2 rings (SSSR count). The second kappa shape index (κ2) is 7.33. The van der Waals surface area contributed by atoms with Gasteiger partial charge in [0.05, 0.1) is 31.8 Å². The zero-order valence-corrected chi connectivity index (χ0v) is 12.2. The molecule has 1 heterocycles. The predicted octanol–water partition coefficient (Wildman–Crippen LogP) is 2.14. The highest BCUT2D eigenvalue weighted by Gasteiger charge is 2.11. The topological polar surface area (TPSA) is 76.2 Å². The van der Waals surface area contributed by atoms with Crippen LogP contribution in [-0.2, 0) is 6.54 Å². The van der Waals surface area contributed by atoms with Crippen LogP contribution in [0, 0.1) is 0 Å². The van der Waals surface area contributed by atoms with E-state index >= 15 is 0 Å². The minimum absolute atomic E-state index is 0.173. The Hall–Kier alpha value is -2.50. The Morgan fingerprint density at radius 2 is 2.00 bits per heavy atom. The standard InChI is InChI=1S/C15H19N3O3/c1-3-20-13-6-5-11(7-14(13)21-4-2)15(19)17-9-12-8-16-10-18-12/h5-8,10H,3-4,9H2,1-2H3,(H,16,18)(H,17,19). The van der Waals surface area contributed by atoms with E-state index in [-0.39, 0.29) is 5.91 Å². The van der Waals surface area contributed by atoms with E-state index in [0.717, 1.165) is 5.69 Å². The van der Waals surface area contributed by atoms with Gasteiger partial charge in [0, 0.05) is 11.8 Å². The highest BCUT2D eigenvalue weighted by atomic mass is 16.5. The Kier molecular flexibility index (Phi) is 5.20. The molecule has 0 bridgehead atoms. The van der Waals surface area contributed by atoms with Gasteiger partial charge in [-0.15, -0.1) is 0 Å². The van der Waals surface area contributed by atoms with Gasteiger partial charge in [0.1, 0.15) is 0 Å². The Morgan fingerprint density at radius 1 is 1.24 bits per heavy atom. The molecule has 2 N–H and O–H groups in total. The highest BCUT2D eigenvalue weighted by molar-refractivity contribution is 5.94. The van der Waals surface area contributed by atoms with Crippen LogP contribution >= 0.6 is 0 Å². The normalized spacial score (nSPS) is 10.2. The maximum Gasteiger partial charge on any atom is 0.251 e. The lowest BCUT2D eigenvalue weighted by Crippen LogP contribution is -2.23. The first-order valence-electron chi connectivity index (χ1n) is 6.89.